The molecule has 0 saturated carbocycles. The molecule has 142 valence electrons. The summed E-state index contributed by atoms with van der Waals surface area (Å²) < 4.78 is 0. The molecule has 2 aromatic carbocycles. The Morgan fingerprint density at radius 2 is 1.35 bits per heavy atom. The predicted octanol–water partition coefficient (Wildman–Crippen LogP) is 6.06. The Morgan fingerprint density at radius 1 is 0.846 bits per heavy atom. The third-order valence-corrected chi connectivity index (χ3v) is 4.94. The van der Waals surface area contributed by atoms with Gasteiger partial charge in [0.25, 0.3) is 0 Å². The Bertz CT molecular complexity index is 685. The van der Waals surface area contributed by atoms with Crippen LogP contribution in [0.3, 0.4) is 0 Å². The highest BCUT2D eigenvalue weighted by Gasteiger charge is 2.26. The molecule has 1 N–H and O–H groups in total. The lowest BCUT2D eigenvalue weighted by atomic mass is 9.78. The van der Waals surface area contributed by atoms with Crippen LogP contribution in [0.1, 0.15) is 64.7 Å². The first-order valence-electron chi connectivity index (χ1n) is 9.63. The van der Waals surface area contributed by atoms with Crippen LogP contribution < -0.4 is 4.90 Å². The number of hydrogen-bond acceptors (Lipinski definition) is 2. The molecule has 2 nitrogen and oxygen atoms in total. The highest BCUT2D eigenvalue weighted by molar-refractivity contribution is 5.50. The fraction of sp³-hybridized carbons (Fsp3) is 0.500. The quantitative estimate of drug-likeness (QED) is 0.706. The minimum atomic E-state index is -0.0685. The average molecular weight is 354 g/mol. The van der Waals surface area contributed by atoms with Crippen molar-refractivity contribution >= 4 is 5.69 Å². The van der Waals surface area contributed by atoms with E-state index >= 15 is 0 Å². The number of aromatic hydroxyl groups is 1. The number of phenolic OH excluding ortho intramolecular Hbond substituents is 1. The maximum atomic E-state index is 10.8. The SMILES string of the molecule is CN(CCCc1cc(C(C)(C)C)c(O)c(C(C)(C)C)c1)c1ccccc1. The standard InChI is InChI=1S/C24H35NO/c1-23(2,3)20-16-18(17-21(22(20)26)24(4,5)6)12-11-15-25(7)19-13-9-8-10-14-19/h8-10,13-14,16-17,26H,11-12,15H2,1-7H3. The molecule has 0 aliphatic rings. The fourth-order valence-electron chi connectivity index (χ4n) is 3.31. The zero-order valence-corrected chi connectivity index (χ0v) is 17.6. The van der Waals surface area contributed by atoms with E-state index in [9.17, 15) is 5.11 Å². The van der Waals surface area contributed by atoms with Crippen molar-refractivity contribution in [2.45, 2.75) is 65.2 Å². The summed E-state index contributed by atoms with van der Waals surface area (Å²) in [6.45, 7) is 14.0. The minimum absolute atomic E-state index is 0.0685. The van der Waals surface area contributed by atoms with Crippen LogP contribution in [0.25, 0.3) is 0 Å². The van der Waals surface area contributed by atoms with E-state index in [1.54, 1.807) is 0 Å². The Labute approximate surface area is 159 Å². The van der Waals surface area contributed by atoms with Crippen LogP contribution >= 0.6 is 0 Å². The van der Waals surface area contributed by atoms with E-state index in [2.05, 4.69) is 96.0 Å². The molecule has 2 heteroatoms. The van der Waals surface area contributed by atoms with Gasteiger partial charge in [0.05, 0.1) is 0 Å². The normalized spacial score (nSPS) is 12.3. The maximum Gasteiger partial charge on any atom is 0.123 e. The van der Waals surface area contributed by atoms with Gasteiger partial charge in [0.15, 0.2) is 0 Å². The highest BCUT2D eigenvalue weighted by atomic mass is 16.3. The van der Waals surface area contributed by atoms with Gasteiger partial charge in [0.1, 0.15) is 5.75 Å². The van der Waals surface area contributed by atoms with E-state index in [4.69, 9.17) is 0 Å². The van der Waals surface area contributed by atoms with Crippen LogP contribution in [0.15, 0.2) is 42.5 Å². The Balaban J connectivity index is 2.18. The molecule has 0 amide bonds. The zero-order valence-electron chi connectivity index (χ0n) is 17.6. The molecule has 0 fully saturated rings. The first kappa shape index (κ1) is 20.4. The largest absolute Gasteiger partial charge is 0.507 e. The number of anilines is 1. The van der Waals surface area contributed by atoms with E-state index in [-0.39, 0.29) is 10.8 Å². The monoisotopic (exact) mass is 353 g/mol. The Morgan fingerprint density at radius 3 is 1.81 bits per heavy atom. The van der Waals surface area contributed by atoms with Crippen molar-refractivity contribution in [1.29, 1.82) is 0 Å². The van der Waals surface area contributed by atoms with Gasteiger partial charge in [-0.15, -0.1) is 0 Å². The van der Waals surface area contributed by atoms with Gasteiger partial charge in [-0.3, -0.25) is 0 Å². The number of phenols is 1. The van der Waals surface area contributed by atoms with Gasteiger partial charge in [-0.25, -0.2) is 0 Å². The number of aryl methyl sites for hydroxylation is 1. The molecule has 0 unspecified atom stereocenters. The third-order valence-electron chi connectivity index (χ3n) is 4.94. The summed E-state index contributed by atoms with van der Waals surface area (Å²) >= 11 is 0. The fourth-order valence-corrected chi connectivity index (χ4v) is 3.31. The number of hydrogen-bond donors (Lipinski definition) is 1. The van der Waals surface area contributed by atoms with Gasteiger partial charge in [0, 0.05) is 19.3 Å². The van der Waals surface area contributed by atoms with Crippen LogP contribution in [0.2, 0.25) is 0 Å². The lowest BCUT2D eigenvalue weighted by molar-refractivity contribution is 0.422. The van der Waals surface area contributed by atoms with Crippen molar-refractivity contribution in [2.75, 3.05) is 18.5 Å². The van der Waals surface area contributed by atoms with Crippen molar-refractivity contribution in [2.24, 2.45) is 0 Å². The van der Waals surface area contributed by atoms with Crippen molar-refractivity contribution < 1.29 is 5.11 Å². The molecule has 2 rings (SSSR count). The summed E-state index contributed by atoms with van der Waals surface area (Å²) in [6, 6.07) is 14.9. The molecule has 0 bridgehead atoms. The zero-order chi connectivity index (χ0) is 19.5. The Hall–Kier alpha value is -1.96. The van der Waals surface area contributed by atoms with Gasteiger partial charge >= 0.3 is 0 Å². The summed E-state index contributed by atoms with van der Waals surface area (Å²) in [5, 5.41) is 10.8. The number of nitrogens with zero attached hydrogens (tertiary/aromatic N) is 1. The first-order valence-corrected chi connectivity index (χ1v) is 9.63. The second kappa shape index (κ2) is 7.73. The van der Waals surface area contributed by atoms with Crippen molar-refractivity contribution in [3.63, 3.8) is 0 Å². The maximum absolute atomic E-state index is 10.8. The number of rotatable bonds is 5. The van der Waals surface area contributed by atoms with Crippen LogP contribution in [0, 0.1) is 0 Å². The van der Waals surface area contributed by atoms with Crippen LogP contribution in [0.4, 0.5) is 5.69 Å². The van der Waals surface area contributed by atoms with Crippen molar-refractivity contribution in [1.82, 2.24) is 0 Å². The number of para-hydroxylation sites is 1. The summed E-state index contributed by atoms with van der Waals surface area (Å²) in [5.74, 6) is 0.468. The van der Waals surface area contributed by atoms with Crippen LogP contribution in [0.5, 0.6) is 5.75 Å². The molecule has 0 spiro atoms. The lowest BCUT2D eigenvalue weighted by Gasteiger charge is -2.28. The van der Waals surface area contributed by atoms with E-state index in [1.807, 2.05) is 0 Å². The van der Waals surface area contributed by atoms with Gasteiger partial charge < -0.3 is 10.0 Å². The predicted molar refractivity (Wildman–Crippen MR) is 114 cm³/mol. The average Bonchev–Trinajstić information content (AvgIpc) is 2.54. The molecule has 26 heavy (non-hydrogen) atoms. The molecule has 0 radical (unpaired) electrons. The first-order chi connectivity index (χ1) is 12.0. The van der Waals surface area contributed by atoms with Crippen molar-refractivity contribution in [3.8, 4) is 5.75 Å². The molecule has 0 heterocycles. The topological polar surface area (TPSA) is 23.5 Å². The number of benzene rings is 2. The second-order valence-corrected chi connectivity index (χ2v) is 9.40. The molecule has 0 aliphatic heterocycles. The molecular formula is C24H35NO. The Kier molecular flexibility index (Phi) is 6.05. The smallest absolute Gasteiger partial charge is 0.123 e. The van der Waals surface area contributed by atoms with Gasteiger partial charge in [-0.1, -0.05) is 71.9 Å². The molecule has 0 atom stereocenters. The van der Waals surface area contributed by atoms with Crippen molar-refractivity contribution in [3.05, 3.63) is 59.2 Å². The van der Waals surface area contributed by atoms with Gasteiger partial charge in [-0.05, 0) is 52.5 Å². The molecule has 2 aromatic rings. The van der Waals surface area contributed by atoms with Crippen LogP contribution in [-0.2, 0) is 17.3 Å². The van der Waals surface area contributed by atoms with Gasteiger partial charge in [-0.2, -0.15) is 0 Å². The summed E-state index contributed by atoms with van der Waals surface area (Å²) in [7, 11) is 2.15. The molecule has 0 aromatic heterocycles. The molecular weight excluding hydrogens is 318 g/mol. The van der Waals surface area contributed by atoms with E-state index in [1.165, 1.54) is 11.3 Å². The molecule has 0 saturated heterocycles. The summed E-state index contributed by atoms with van der Waals surface area (Å²) in [6.07, 6.45) is 2.10. The summed E-state index contributed by atoms with van der Waals surface area (Å²) in [5.41, 5.74) is 4.54. The highest BCUT2D eigenvalue weighted by Crippen LogP contribution is 2.40. The lowest BCUT2D eigenvalue weighted by Crippen LogP contribution is -2.20. The third kappa shape index (κ3) is 5.03. The van der Waals surface area contributed by atoms with E-state index < -0.39 is 0 Å². The van der Waals surface area contributed by atoms with Crippen LogP contribution in [-0.4, -0.2) is 18.7 Å². The van der Waals surface area contributed by atoms with E-state index in [0.29, 0.717) is 5.75 Å². The summed E-state index contributed by atoms with van der Waals surface area (Å²) in [4.78, 5) is 2.30. The minimum Gasteiger partial charge on any atom is -0.507 e. The van der Waals surface area contributed by atoms with E-state index in [0.717, 1.165) is 30.5 Å². The second-order valence-electron chi connectivity index (χ2n) is 9.40. The van der Waals surface area contributed by atoms with Gasteiger partial charge in [0.2, 0.25) is 0 Å². The molecule has 0 aliphatic carbocycles.